The van der Waals surface area contributed by atoms with Crippen molar-refractivity contribution in [2.45, 2.75) is 73.8 Å². The molecule has 3 saturated heterocycles. The first-order valence-corrected chi connectivity index (χ1v) is 24.4. The van der Waals surface area contributed by atoms with E-state index in [1.54, 1.807) is 152 Å². The van der Waals surface area contributed by atoms with E-state index in [2.05, 4.69) is 0 Å². The molecule has 16 heteroatoms. The topological polar surface area (TPSA) is 178 Å². The van der Waals surface area contributed by atoms with Gasteiger partial charge in [0, 0.05) is 5.56 Å². The smallest absolute Gasteiger partial charge is 0.338 e. The zero-order chi connectivity index (χ0) is 49.8. The van der Waals surface area contributed by atoms with E-state index in [0.29, 0.717) is 11.3 Å². The van der Waals surface area contributed by atoms with E-state index in [1.807, 2.05) is 37.3 Å². The number of esters is 5. The van der Waals surface area contributed by atoms with Crippen LogP contribution in [0.15, 0.2) is 182 Å². The average molecular weight is 995 g/mol. The van der Waals surface area contributed by atoms with Crippen LogP contribution in [0, 0.1) is 0 Å². The molecule has 6 aromatic rings. The molecule has 3 aliphatic rings. The molecule has 0 bridgehead atoms. The van der Waals surface area contributed by atoms with Crippen molar-refractivity contribution in [3.05, 3.63) is 215 Å². The molecule has 6 aromatic carbocycles. The number of hydrogen-bond donors (Lipinski definition) is 0. The number of fused-ring (bicyclic) bond motifs is 1. The van der Waals surface area contributed by atoms with Gasteiger partial charge in [-0.05, 0) is 66.4 Å². The van der Waals surface area contributed by atoms with Crippen LogP contribution in [0.2, 0.25) is 0 Å². The normalized spacial score (nSPS) is 25.7. The molecule has 0 N–H and O–H groups in total. The summed E-state index contributed by atoms with van der Waals surface area (Å²) in [5, 5.41) is 0. The van der Waals surface area contributed by atoms with Crippen LogP contribution in [0.4, 0.5) is 0 Å². The van der Waals surface area contributed by atoms with Crippen LogP contribution in [-0.2, 0) is 47.4 Å². The van der Waals surface area contributed by atoms with Gasteiger partial charge in [0.05, 0.1) is 34.4 Å². The standard InChI is InChI=1S/C56H50O15S/c1-2-72-56-48(69-53(61)39-29-17-7-18-30-39)46(67-51(59)37-25-13-5-14-26-37)44(42(65-56)33-62-49(57)35-21-9-3-10-22-35)71-55-47(68-52(60)38-27-15-6-16-28-38)45(66-50(58)36-23-11-4-12-24-36)43-41(64-55)34-63-54(70-43)40-31-19-8-20-32-40/h3-32,41-48,54-56H,2,33-34H2,1H3/t41?,42?,43-,44-,45+,46+,47?,48?,54?,55-,56+/m1/s1. The highest BCUT2D eigenvalue weighted by molar-refractivity contribution is 7.99. The van der Waals surface area contributed by atoms with Crippen molar-refractivity contribution in [3.8, 4) is 0 Å². The Hall–Kier alpha value is -7.18. The van der Waals surface area contributed by atoms with E-state index < -0.39 is 103 Å². The lowest BCUT2D eigenvalue weighted by atomic mass is 9.95. The average Bonchev–Trinajstić information content (AvgIpc) is 3.43. The Kier molecular flexibility index (Phi) is 16.5. The van der Waals surface area contributed by atoms with Crippen LogP contribution in [-0.4, -0.2) is 109 Å². The fourth-order valence-electron chi connectivity index (χ4n) is 8.46. The quantitative estimate of drug-likeness (QED) is 0.0666. The third-order valence-corrected chi connectivity index (χ3v) is 13.0. The highest BCUT2D eigenvalue weighted by Gasteiger charge is 2.58. The summed E-state index contributed by atoms with van der Waals surface area (Å²) in [5.74, 6) is -3.45. The van der Waals surface area contributed by atoms with Crippen LogP contribution in [0.25, 0.3) is 0 Å². The van der Waals surface area contributed by atoms with Gasteiger partial charge in [-0.3, -0.25) is 0 Å². The third-order valence-electron chi connectivity index (χ3n) is 12.0. The Bertz CT molecular complexity index is 2740. The monoisotopic (exact) mass is 994 g/mol. The van der Waals surface area contributed by atoms with Crippen molar-refractivity contribution in [2.24, 2.45) is 0 Å². The van der Waals surface area contributed by atoms with Crippen molar-refractivity contribution in [2.75, 3.05) is 19.0 Å². The molecular weight excluding hydrogens is 945 g/mol. The van der Waals surface area contributed by atoms with Crippen LogP contribution < -0.4 is 0 Å². The number of carbonyl (C=O) groups is 5. The maximum Gasteiger partial charge on any atom is 0.338 e. The van der Waals surface area contributed by atoms with Gasteiger partial charge in [-0.15, -0.1) is 11.8 Å². The Morgan fingerprint density at radius 1 is 0.472 bits per heavy atom. The molecule has 11 atom stereocenters. The molecule has 3 aliphatic heterocycles. The second kappa shape index (κ2) is 23.8. The highest BCUT2D eigenvalue weighted by atomic mass is 32.2. The molecule has 370 valence electrons. The highest BCUT2D eigenvalue weighted by Crippen LogP contribution is 2.41. The van der Waals surface area contributed by atoms with E-state index in [-0.39, 0.29) is 34.4 Å². The lowest BCUT2D eigenvalue weighted by Crippen LogP contribution is -2.67. The molecule has 3 fully saturated rings. The van der Waals surface area contributed by atoms with Crippen LogP contribution in [0.1, 0.15) is 70.6 Å². The lowest BCUT2D eigenvalue weighted by molar-refractivity contribution is -0.375. The van der Waals surface area contributed by atoms with Gasteiger partial charge in [-0.1, -0.05) is 128 Å². The van der Waals surface area contributed by atoms with Crippen LogP contribution in [0.3, 0.4) is 0 Å². The molecule has 5 unspecified atom stereocenters. The maximum absolute atomic E-state index is 14.3. The van der Waals surface area contributed by atoms with Gasteiger partial charge in [0.15, 0.2) is 37.0 Å². The number of carbonyl (C=O) groups excluding carboxylic acids is 5. The van der Waals surface area contributed by atoms with E-state index in [4.69, 9.17) is 47.4 Å². The first-order chi connectivity index (χ1) is 35.2. The van der Waals surface area contributed by atoms with Crippen molar-refractivity contribution >= 4 is 41.6 Å². The van der Waals surface area contributed by atoms with Crippen molar-refractivity contribution in [1.29, 1.82) is 0 Å². The Balaban J connectivity index is 1.15. The summed E-state index contributed by atoms with van der Waals surface area (Å²) in [4.78, 5) is 70.6. The van der Waals surface area contributed by atoms with Gasteiger partial charge >= 0.3 is 29.8 Å². The van der Waals surface area contributed by atoms with Gasteiger partial charge in [-0.25, -0.2) is 24.0 Å². The van der Waals surface area contributed by atoms with Gasteiger partial charge < -0.3 is 47.4 Å². The molecule has 9 rings (SSSR count). The molecule has 0 aliphatic carbocycles. The minimum atomic E-state index is -1.70. The predicted molar refractivity (Wildman–Crippen MR) is 260 cm³/mol. The maximum atomic E-state index is 14.3. The zero-order valence-electron chi connectivity index (χ0n) is 38.8. The molecule has 0 amide bonds. The second-order valence-electron chi connectivity index (χ2n) is 16.7. The van der Waals surface area contributed by atoms with Crippen LogP contribution >= 0.6 is 11.8 Å². The summed E-state index contributed by atoms with van der Waals surface area (Å²) in [5.41, 5.74) is 0.568. The molecular formula is C56H50O15S. The minimum absolute atomic E-state index is 0.124. The molecule has 0 saturated carbocycles. The molecule has 15 nitrogen and oxygen atoms in total. The van der Waals surface area contributed by atoms with Crippen molar-refractivity contribution in [3.63, 3.8) is 0 Å². The number of benzene rings is 6. The molecule has 0 aromatic heterocycles. The number of rotatable bonds is 16. The summed E-state index contributed by atoms with van der Waals surface area (Å²) in [6.45, 7) is 1.26. The van der Waals surface area contributed by atoms with Crippen molar-refractivity contribution in [1.82, 2.24) is 0 Å². The molecule has 0 radical (unpaired) electrons. The fraction of sp³-hybridized carbons (Fsp3) is 0.268. The number of thioether (sulfide) groups is 1. The SMILES string of the molecule is CCS[C@@H]1OC(COC(=O)c2ccccc2)[C@@H](O[C@H]2OC3COC(c4ccccc4)O[C@H]3[C@H](OC(=O)c3ccccc3)C2OC(=O)c2ccccc2)[C@H](OC(=O)c2ccccc2)C1OC(=O)c1ccccc1. The summed E-state index contributed by atoms with van der Waals surface area (Å²) < 4.78 is 64.6. The van der Waals surface area contributed by atoms with E-state index in [9.17, 15) is 24.0 Å². The predicted octanol–water partition coefficient (Wildman–Crippen LogP) is 8.45. The van der Waals surface area contributed by atoms with E-state index in [0.717, 1.165) is 0 Å². The lowest BCUT2D eigenvalue weighted by Gasteiger charge is -2.50. The van der Waals surface area contributed by atoms with Gasteiger partial charge in [0.2, 0.25) is 0 Å². The summed E-state index contributed by atoms with van der Waals surface area (Å²) in [6, 6.07) is 50.2. The largest absolute Gasteiger partial charge is 0.459 e. The first kappa shape index (κ1) is 49.8. The van der Waals surface area contributed by atoms with Gasteiger partial charge in [-0.2, -0.15) is 0 Å². The third kappa shape index (κ3) is 11.9. The molecule has 0 spiro atoms. The number of ether oxygens (including phenoxy) is 10. The Morgan fingerprint density at radius 3 is 1.36 bits per heavy atom. The zero-order valence-corrected chi connectivity index (χ0v) is 39.6. The van der Waals surface area contributed by atoms with Gasteiger partial charge in [0.25, 0.3) is 0 Å². The van der Waals surface area contributed by atoms with Crippen LogP contribution in [0.5, 0.6) is 0 Å². The summed E-state index contributed by atoms with van der Waals surface area (Å²) >= 11 is 1.25. The molecule has 3 heterocycles. The fourth-order valence-corrected chi connectivity index (χ4v) is 9.41. The minimum Gasteiger partial charge on any atom is -0.459 e. The Labute approximate surface area is 419 Å². The molecule has 72 heavy (non-hydrogen) atoms. The number of hydrogen-bond acceptors (Lipinski definition) is 16. The van der Waals surface area contributed by atoms with E-state index in [1.165, 1.54) is 11.8 Å². The Morgan fingerprint density at radius 2 is 0.889 bits per heavy atom. The van der Waals surface area contributed by atoms with E-state index >= 15 is 0 Å². The summed E-state index contributed by atoms with van der Waals surface area (Å²) in [6.07, 6.45) is -13.7. The van der Waals surface area contributed by atoms with Gasteiger partial charge in [0.1, 0.15) is 36.5 Å². The van der Waals surface area contributed by atoms with Crippen molar-refractivity contribution < 1.29 is 71.3 Å². The second-order valence-corrected chi connectivity index (χ2v) is 18.1. The summed E-state index contributed by atoms with van der Waals surface area (Å²) in [7, 11) is 0. The first-order valence-electron chi connectivity index (χ1n) is 23.4.